The maximum absolute atomic E-state index is 5.47. The summed E-state index contributed by atoms with van der Waals surface area (Å²) in [5.74, 6) is 3.58. The van der Waals surface area contributed by atoms with Gasteiger partial charge in [-0.1, -0.05) is 6.07 Å². The van der Waals surface area contributed by atoms with E-state index in [9.17, 15) is 0 Å². The van der Waals surface area contributed by atoms with Crippen LogP contribution in [0.2, 0.25) is 0 Å². The SMILES string of the molecule is COc1ccc2nc(C=Cc3ccccn3)nc(NCC3CCC(CN=C(N)N)CC3)c2c1.Cl.Cl.Cl. The smallest absolute Gasteiger partial charge is 0.185 e. The van der Waals surface area contributed by atoms with Crippen molar-refractivity contribution < 1.29 is 4.74 Å². The second-order valence-corrected chi connectivity index (χ2v) is 8.43. The van der Waals surface area contributed by atoms with Crippen LogP contribution in [0.3, 0.4) is 0 Å². The van der Waals surface area contributed by atoms with Crippen LogP contribution in [0, 0.1) is 11.8 Å². The van der Waals surface area contributed by atoms with Gasteiger partial charge in [-0.2, -0.15) is 0 Å². The summed E-state index contributed by atoms with van der Waals surface area (Å²) in [7, 11) is 1.67. The number of pyridine rings is 1. The van der Waals surface area contributed by atoms with E-state index < -0.39 is 0 Å². The van der Waals surface area contributed by atoms with Gasteiger partial charge in [0.2, 0.25) is 0 Å². The van der Waals surface area contributed by atoms with Crippen molar-refractivity contribution in [2.24, 2.45) is 28.3 Å². The van der Waals surface area contributed by atoms with Crippen molar-refractivity contribution in [2.45, 2.75) is 25.7 Å². The first kappa shape index (κ1) is 31.2. The number of rotatable bonds is 8. The molecule has 8 nitrogen and oxygen atoms in total. The number of aliphatic imine (C=N–C) groups is 1. The van der Waals surface area contributed by atoms with E-state index in [1.165, 1.54) is 0 Å². The van der Waals surface area contributed by atoms with E-state index in [4.69, 9.17) is 26.2 Å². The number of hydrogen-bond donors (Lipinski definition) is 3. The molecule has 1 aliphatic rings. The van der Waals surface area contributed by atoms with Gasteiger partial charge in [-0.3, -0.25) is 9.98 Å². The molecule has 11 heteroatoms. The predicted molar refractivity (Wildman–Crippen MR) is 156 cm³/mol. The molecule has 0 amide bonds. The number of ether oxygens (including phenoxy) is 1. The number of nitrogens with zero attached hydrogens (tertiary/aromatic N) is 4. The summed E-state index contributed by atoms with van der Waals surface area (Å²) in [6.07, 6.45) is 10.2. The van der Waals surface area contributed by atoms with Crippen LogP contribution in [-0.2, 0) is 0 Å². The number of hydrogen-bond acceptors (Lipinski definition) is 6. The highest BCUT2D eigenvalue weighted by Gasteiger charge is 2.21. The number of anilines is 1. The largest absolute Gasteiger partial charge is 0.497 e. The third kappa shape index (κ3) is 8.69. The third-order valence-corrected chi connectivity index (χ3v) is 6.07. The van der Waals surface area contributed by atoms with Crippen molar-refractivity contribution in [1.82, 2.24) is 15.0 Å². The van der Waals surface area contributed by atoms with Gasteiger partial charge >= 0.3 is 0 Å². The van der Waals surface area contributed by atoms with Gasteiger partial charge in [0, 0.05) is 24.7 Å². The highest BCUT2D eigenvalue weighted by atomic mass is 35.5. The molecule has 0 radical (unpaired) electrons. The molecule has 2 heterocycles. The van der Waals surface area contributed by atoms with Gasteiger partial charge in [0.25, 0.3) is 0 Å². The molecule has 0 aliphatic heterocycles. The molecular formula is C25H34Cl3N7O. The van der Waals surface area contributed by atoms with E-state index in [-0.39, 0.29) is 43.2 Å². The second kappa shape index (κ2) is 15.3. The molecule has 1 aromatic carbocycles. The van der Waals surface area contributed by atoms with E-state index in [0.29, 0.717) is 17.7 Å². The average Bonchev–Trinajstić information content (AvgIpc) is 2.85. The lowest BCUT2D eigenvalue weighted by Gasteiger charge is -2.28. The molecule has 4 rings (SSSR count). The molecule has 1 aliphatic carbocycles. The Kier molecular flexibility index (Phi) is 13.3. The number of nitrogens with two attached hydrogens (primary N) is 2. The number of benzene rings is 1. The minimum Gasteiger partial charge on any atom is -0.497 e. The zero-order valence-corrected chi connectivity index (χ0v) is 22.6. The number of halogens is 3. The highest BCUT2D eigenvalue weighted by Crippen LogP contribution is 2.30. The molecule has 0 atom stereocenters. The van der Waals surface area contributed by atoms with Crippen molar-refractivity contribution in [3.63, 3.8) is 0 Å². The lowest BCUT2D eigenvalue weighted by Crippen LogP contribution is -2.26. The van der Waals surface area contributed by atoms with Gasteiger partial charge in [-0.15, -0.1) is 37.2 Å². The van der Waals surface area contributed by atoms with Gasteiger partial charge in [0.1, 0.15) is 11.6 Å². The van der Waals surface area contributed by atoms with Crippen molar-refractivity contribution in [2.75, 3.05) is 25.5 Å². The van der Waals surface area contributed by atoms with E-state index in [1.54, 1.807) is 13.3 Å². The Balaban J connectivity index is 0.00000216. The Hall–Kier alpha value is -2.81. The molecule has 0 unspecified atom stereocenters. The first-order valence-electron chi connectivity index (χ1n) is 11.3. The first-order chi connectivity index (χ1) is 16.1. The van der Waals surface area contributed by atoms with Gasteiger partial charge < -0.3 is 21.5 Å². The average molecular weight is 555 g/mol. The monoisotopic (exact) mass is 553 g/mol. The molecule has 1 saturated carbocycles. The van der Waals surface area contributed by atoms with Crippen LogP contribution in [0.5, 0.6) is 5.75 Å². The summed E-state index contributed by atoms with van der Waals surface area (Å²) in [4.78, 5) is 18.0. The van der Waals surface area contributed by atoms with Crippen LogP contribution in [0.4, 0.5) is 5.82 Å². The van der Waals surface area contributed by atoms with Gasteiger partial charge in [-0.05, 0) is 80.0 Å². The normalized spacial score (nSPS) is 16.8. The van der Waals surface area contributed by atoms with Crippen molar-refractivity contribution in [1.29, 1.82) is 0 Å². The highest BCUT2D eigenvalue weighted by molar-refractivity contribution is 5.91. The number of nitrogens with one attached hydrogen (secondary N) is 1. The van der Waals surface area contributed by atoms with Crippen LogP contribution in [0.25, 0.3) is 23.1 Å². The minimum absolute atomic E-state index is 0. The summed E-state index contributed by atoms with van der Waals surface area (Å²) in [5, 5.41) is 4.54. The fourth-order valence-electron chi connectivity index (χ4n) is 4.19. The predicted octanol–water partition coefficient (Wildman–Crippen LogP) is 4.96. The number of fused-ring (bicyclic) bond motifs is 1. The van der Waals surface area contributed by atoms with Crippen LogP contribution >= 0.6 is 37.2 Å². The van der Waals surface area contributed by atoms with Gasteiger partial charge in [0.15, 0.2) is 11.8 Å². The maximum atomic E-state index is 5.47. The third-order valence-electron chi connectivity index (χ3n) is 6.07. The molecule has 2 aromatic heterocycles. The van der Waals surface area contributed by atoms with Crippen LogP contribution < -0.4 is 21.5 Å². The fraction of sp³-hybridized carbons (Fsp3) is 0.360. The number of aromatic nitrogens is 3. The van der Waals surface area contributed by atoms with Crippen molar-refractivity contribution in [3.8, 4) is 5.75 Å². The molecule has 0 bridgehead atoms. The van der Waals surface area contributed by atoms with E-state index in [0.717, 1.165) is 66.9 Å². The minimum atomic E-state index is 0. The zero-order chi connectivity index (χ0) is 23.0. The fourth-order valence-corrected chi connectivity index (χ4v) is 4.19. The van der Waals surface area contributed by atoms with Crippen molar-refractivity contribution >= 4 is 72.1 Å². The van der Waals surface area contributed by atoms with Crippen LogP contribution in [0.1, 0.15) is 37.2 Å². The summed E-state index contributed by atoms with van der Waals surface area (Å²) < 4.78 is 5.42. The quantitative estimate of drug-likeness (QED) is 0.265. The Labute approximate surface area is 230 Å². The summed E-state index contributed by atoms with van der Waals surface area (Å²) >= 11 is 0. The Morgan fingerprint density at radius 3 is 2.44 bits per heavy atom. The van der Waals surface area contributed by atoms with Crippen molar-refractivity contribution in [3.05, 3.63) is 54.1 Å². The summed E-state index contributed by atoms with van der Waals surface area (Å²) in [6.45, 7) is 1.59. The Bertz CT molecular complexity index is 1130. The first-order valence-corrected chi connectivity index (χ1v) is 11.3. The summed E-state index contributed by atoms with van der Waals surface area (Å²) in [6, 6.07) is 11.7. The van der Waals surface area contributed by atoms with Crippen LogP contribution in [-0.4, -0.2) is 41.1 Å². The standard InChI is InChI=1S/C25H31N7O.3ClH/c1-33-20-10-11-22-21(14-20)24(32-23(31-22)12-9-19-4-2-3-13-28-19)29-15-17-5-7-18(8-6-17)16-30-25(26)27;;;/h2-4,9-14,17-18H,5-8,15-16H2,1H3,(H4,26,27,30)(H,29,31,32);3*1H. The van der Waals surface area contributed by atoms with Gasteiger partial charge in [-0.25, -0.2) is 9.97 Å². The van der Waals surface area contributed by atoms with E-state index >= 15 is 0 Å². The second-order valence-electron chi connectivity index (χ2n) is 8.43. The summed E-state index contributed by atoms with van der Waals surface area (Å²) in [5.41, 5.74) is 12.7. The molecule has 3 aromatic rings. The number of methoxy groups -OCH3 is 1. The van der Waals surface area contributed by atoms with E-state index in [2.05, 4.69) is 15.3 Å². The molecule has 5 N–H and O–H groups in total. The molecule has 0 spiro atoms. The lowest BCUT2D eigenvalue weighted by molar-refractivity contribution is 0.289. The van der Waals surface area contributed by atoms with E-state index in [1.807, 2.05) is 48.6 Å². The molecular weight excluding hydrogens is 521 g/mol. The zero-order valence-electron chi connectivity index (χ0n) is 20.2. The molecule has 36 heavy (non-hydrogen) atoms. The lowest BCUT2D eigenvalue weighted by atomic mass is 9.82. The topological polar surface area (TPSA) is 124 Å². The Morgan fingerprint density at radius 2 is 1.78 bits per heavy atom. The molecule has 196 valence electrons. The van der Waals surface area contributed by atoms with Crippen LogP contribution in [0.15, 0.2) is 47.6 Å². The Morgan fingerprint density at radius 1 is 1.03 bits per heavy atom. The van der Waals surface area contributed by atoms with Gasteiger partial charge in [0.05, 0.1) is 18.3 Å². The molecule has 1 fully saturated rings. The maximum Gasteiger partial charge on any atom is 0.185 e. The number of guanidine groups is 1. The molecule has 0 saturated heterocycles.